The standard InChI is InChI=1S/C16H16F3N5S/c17-16(18,19)8-3-4-10-11(6-8)25-13-12(10)23-15(20)24-14(13)22-7-9-2-1-5-21-9/h3-4,6,9,21H,1-2,5,7H2,(H3,20,22,23,24). The van der Waals surface area contributed by atoms with Gasteiger partial charge in [0.2, 0.25) is 5.95 Å². The van der Waals surface area contributed by atoms with Crippen molar-refractivity contribution < 1.29 is 13.2 Å². The Morgan fingerprint density at radius 1 is 1.32 bits per heavy atom. The number of benzene rings is 1. The third kappa shape index (κ3) is 3.09. The monoisotopic (exact) mass is 367 g/mol. The second kappa shape index (κ2) is 5.99. The number of nitrogens with two attached hydrogens (primary N) is 1. The van der Waals surface area contributed by atoms with Gasteiger partial charge in [-0.05, 0) is 31.5 Å². The van der Waals surface area contributed by atoms with E-state index in [1.807, 2.05) is 0 Å². The lowest BCUT2D eigenvalue weighted by atomic mass is 10.1. The van der Waals surface area contributed by atoms with Gasteiger partial charge in [0.1, 0.15) is 5.82 Å². The number of alkyl halides is 3. The van der Waals surface area contributed by atoms with Crippen LogP contribution in [0.4, 0.5) is 24.9 Å². The fourth-order valence-electron chi connectivity index (χ4n) is 3.11. The number of nitrogens with zero attached hydrogens (tertiary/aromatic N) is 2. The third-order valence-electron chi connectivity index (χ3n) is 4.34. The number of hydrogen-bond acceptors (Lipinski definition) is 6. The highest BCUT2D eigenvalue weighted by atomic mass is 32.1. The molecule has 1 aliphatic heterocycles. The van der Waals surface area contributed by atoms with E-state index < -0.39 is 11.7 Å². The number of rotatable bonds is 3. The molecule has 1 atom stereocenters. The van der Waals surface area contributed by atoms with Gasteiger partial charge in [-0.1, -0.05) is 6.07 Å². The number of fused-ring (bicyclic) bond motifs is 3. The van der Waals surface area contributed by atoms with E-state index in [1.54, 1.807) is 0 Å². The van der Waals surface area contributed by atoms with Crippen LogP contribution in [0.15, 0.2) is 18.2 Å². The van der Waals surface area contributed by atoms with E-state index in [-0.39, 0.29) is 5.95 Å². The van der Waals surface area contributed by atoms with Crippen LogP contribution in [0.25, 0.3) is 20.3 Å². The Bertz CT molecular complexity index is 931. The molecule has 1 saturated heterocycles. The van der Waals surface area contributed by atoms with Gasteiger partial charge in [-0.3, -0.25) is 0 Å². The van der Waals surface area contributed by atoms with Gasteiger partial charge in [-0.2, -0.15) is 18.2 Å². The fourth-order valence-corrected chi connectivity index (χ4v) is 4.25. The summed E-state index contributed by atoms with van der Waals surface area (Å²) in [6.45, 7) is 1.68. The Morgan fingerprint density at radius 2 is 2.16 bits per heavy atom. The fraction of sp³-hybridized carbons (Fsp3) is 0.375. The normalized spacial score (nSPS) is 18.3. The van der Waals surface area contributed by atoms with E-state index in [0.717, 1.165) is 36.2 Å². The van der Waals surface area contributed by atoms with Crippen LogP contribution in [0.3, 0.4) is 0 Å². The molecule has 1 aliphatic rings. The van der Waals surface area contributed by atoms with Gasteiger partial charge in [0.05, 0.1) is 15.8 Å². The summed E-state index contributed by atoms with van der Waals surface area (Å²) in [7, 11) is 0. The van der Waals surface area contributed by atoms with E-state index in [0.29, 0.717) is 34.0 Å². The Balaban J connectivity index is 1.77. The van der Waals surface area contributed by atoms with E-state index in [2.05, 4.69) is 20.6 Å². The first kappa shape index (κ1) is 16.3. The van der Waals surface area contributed by atoms with Crippen LogP contribution in [0.1, 0.15) is 18.4 Å². The first-order valence-corrected chi connectivity index (χ1v) is 8.78. The number of anilines is 2. The zero-order valence-corrected chi connectivity index (χ0v) is 14.0. The van der Waals surface area contributed by atoms with Crippen molar-refractivity contribution in [3.63, 3.8) is 0 Å². The summed E-state index contributed by atoms with van der Waals surface area (Å²) in [6.07, 6.45) is -2.15. The molecular weight excluding hydrogens is 351 g/mol. The molecule has 3 aromatic rings. The largest absolute Gasteiger partial charge is 0.416 e. The van der Waals surface area contributed by atoms with Crippen molar-refractivity contribution in [2.45, 2.75) is 25.1 Å². The Hall–Kier alpha value is -2.13. The maximum atomic E-state index is 12.9. The summed E-state index contributed by atoms with van der Waals surface area (Å²) in [5, 5.41) is 7.31. The molecule has 25 heavy (non-hydrogen) atoms. The van der Waals surface area contributed by atoms with Gasteiger partial charge < -0.3 is 16.4 Å². The summed E-state index contributed by atoms with van der Waals surface area (Å²) < 4.78 is 40.1. The average molecular weight is 367 g/mol. The molecule has 132 valence electrons. The highest BCUT2D eigenvalue weighted by Gasteiger charge is 2.31. The van der Waals surface area contributed by atoms with Crippen molar-refractivity contribution in [2.75, 3.05) is 24.1 Å². The van der Waals surface area contributed by atoms with Crippen LogP contribution in [0.2, 0.25) is 0 Å². The molecule has 4 N–H and O–H groups in total. The minimum Gasteiger partial charge on any atom is -0.368 e. The topological polar surface area (TPSA) is 75.9 Å². The van der Waals surface area contributed by atoms with Crippen molar-refractivity contribution in [3.8, 4) is 0 Å². The van der Waals surface area contributed by atoms with Crippen LogP contribution < -0.4 is 16.4 Å². The second-order valence-corrected chi connectivity index (χ2v) is 7.15. The molecule has 0 radical (unpaired) electrons. The maximum Gasteiger partial charge on any atom is 0.416 e. The van der Waals surface area contributed by atoms with Crippen molar-refractivity contribution in [2.24, 2.45) is 0 Å². The van der Waals surface area contributed by atoms with Crippen molar-refractivity contribution in [1.82, 2.24) is 15.3 Å². The maximum absolute atomic E-state index is 12.9. The molecule has 0 spiro atoms. The molecule has 9 heteroatoms. The summed E-state index contributed by atoms with van der Waals surface area (Å²) in [6, 6.07) is 4.03. The van der Waals surface area contributed by atoms with Gasteiger partial charge >= 0.3 is 6.18 Å². The number of thiophene rings is 1. The number of nitrogen functional groups attached to an aromatic ring is 1. The zero-order chi connectivity index (χ0) is 17.6. The summed E-state index contributed by atoms with van der Waals surface area (Å²) >= 11 is 1.25. The van der Waals surface area contributed by atoms with E-state index in [9.17, 15) is 13.2 Å². The molecule has 1 unspecified atom stereocenters. The molecule has 2 aromatic heterocycles. The lowest BCUT2D eigenvalue weighted by Gasteiger charge is -2.12. The minimum absolute atomic E-state index is 0.106. The lowest BCUT2D eigenvalue weighted by molar-refractivity contribution is -0.137. The average Bonchev–Trinajstić information content (AvgIpc) is 3.18. The van der Waals surface area contributed by atoms with Crippen molar-refractivity contribution in [1.29, 1.82) is 0 Å². The van der Waals surface area contributed by atoms with Crippen LogP contribution in [-0.4, -0.2) is 29.1 Å². The summed E-state index contributed by atoms with van der Waals surface area (Å²) in [5.41, 5.74) is 5.72. The number of hydrogen-bond donors (Lipinski definition) is 3. The molecule has 0 bridgehead atoms. The van der Waals surface area contributed by atoms with Crippen LogP contribution >= 0.6 is 11.3 Å². The Kier molecular flexibility index (Phi) is 3.92. The second-order valence-electron chi connectivity index (χ2n) is 6.09. The van der Waals surface area contributed by atoms with Gasteiger partial charge in [-0.15, -0.1) is 11.3 Å². The Labute approximate surface area is 145 Å². The van der Waals surface area contributed by atoms with E-state index in [4.69, 9.17) is 5.73 Å². The van der Waals surface area contributed by atoms with Gasteiger partial charge in [-0.25, -0.2) is 4.98 Å². The van der Waals surface area contributed by atoms with E-state index in [1.165, 1.54) is 17.4 Å². The lowest BCUT2D eigenvalue weighted by Crippen LogP contribution is -2.29. The summed E-state index contributed by atoms with van der Waals surface area (Å²) in [4.78, 5) is 8.48. The quantitative estimate of drug-likeness (QED) is 0.659. The minimum atomic E-state index is -4.37. The smallest absolute Gasteiger partial charge is 0.368 e. The van der Waals surface area contributed by atoms with Crippen LogP contribution in [0.5, 0.6) is 0 Å². The molecular formula is C16H16F3N5S. The SMILES string of the molecule is Nc1nc(NCC2CCCN2)c2sc3cc(C(F)(F)F)ccc3c2n1. The third-order valence-corrected chi connectivity index (χ3v) is 5.49. The Morgan fingerprint density at radius 3 is 2.88 bits per heavy atom. The van der Waals surface area contributed by atoms with E-state index >= 15 is 0 Å². The number of nitrogens with one attached hydrogen (secondary N) is 2. The molecule has 4 rings (SSSR count). The number of aromatic nitrogens is 2. The predicted octanol–water partition coefficient (Wildman–Crippen LogP) is 3.61. The highest BCUT2D eigenvalue weighted by Crippen LogP contribution is 2.39. The van der Waals surface area contributed by atoms with Crippen molar-refractivity contribution >= 4 is 43.4 Å². The molecule has 3 heterocycles. The van der Waals surface area contributed by atoms with Crippen LogP contribution in [-0.2, 0) is 6.18 Å². The molecule has 0 aliphatic carbocycles. The van der Waals surface area contributed by atoms with Gasteiger partial charge in [0, 0.05) is 22.7 Å². The molecule has 0 amide bonds. The highest BCUT2D eigenvalue weighted by molar-refractivity contribution is 7.26. The first-order valence-electron chi connectivity index (χ1n) is 7.96. The molecule has 0 saturated carbocycles. The zero-order valence-electron chi connectivity index (χ0n) is 13.2. The van der Waals surface area contributed by atoms with Gasteiger partial charge in [0.15, 0.2) is 0 Å². The summed E-state index contributed by atoms with van der Waals surface area (Å²) in [5.74, 6) is 0.680. The predicted molar refractivity (Wildman–Crippen MR) is 93.8 cm³/mol. The molecule has 1 fully saturated rings. The molecule has 5 nitrogen and oxygen atoms in total. The van der Waals surface area contributed by atoms with Crippen LogP contribution in [0, 0.1) is 0 Å². The van der Waals surface area contributed by atoms with Crippen molar-refractivity contribution in [3.05, 3.63) is 23.8 Å². The first-order chi connectivity index (χ1) is 11.9. The van der Waals surface area contributed by atoms with Gasteiger partial charge in [0.25, 0.3) is 0 Å². The molecule has 1 aromatic carbocycles. The number of halogens is 3.